The molecule has 1 amide bonds. The quantitative estimate of drug-likeness (QED) is 0.694. The predicted octanol–water partition coefficient (Wildman–Crippen LogP) is 3.01. The van der Waals surface area contributed by atoms with Gasteiger partial charge in [-0.05, 0) is 43.7 Å². The Morgan fingerprint density at radius 3 is 3.04 bits per heavy atom. The zero-order chi connectivity index (χ0) is 19.6. The van der Waals surface area contributed by atoms with Crippen LogP contribution in [-0.2, 0) is 11.3 Å². The maximum atomic E-state index is 12.2. The Kier molecular flexibility index (Phi) is 7.58. The molecule has 0 aromatic carbocycles. The first-order valence-electron chi connectivity index (χ1n) is 10.2. The third-order valence-corrected chi connectivity index (χ3v) is 5.02. The first kappa shape index (κ1) is 20.0. The molecule has 2 N–H and O–H groups in total. The second kappa shape index (κ2) is 10.6. The van der Waals surface area contributed by atoms with Crippen LogP contribution in [0.3, 0.4) is 0 Å². The molecular weight excluding hydrogens is 352 g/mol. The van der Waals surface area contributed by atoms with Crippen molar-refractivity contribution < 1.29 is 4.79 Å². The number of hydrogen-bond donors (Lipinski definition) is 2. The molecule has 1 unspecified atom stereocenters. The molecule has 28 heavy (non-hydrogen) atoms. The maximum absolute atomic E-state index is 12.2. The van der Waals surface area contributed by atoms with E-state index in [4.69, 9.17) is 0 Å². The Labute approximate surface area is 167 Å². The molecule has 0 bridgehead atoms. The van der Waals surface area contributed by atoms with Gasteiger partial charge in [-0.3, -0.25) is 9.78 Å². The minimum absolute atomic E-state index is 0.0934. The van der Waals surface area contributed by atoms with Gasteiger partial charge in [0.15, 0.2) is 0 Å². The maximum Gasteiger partial charge on any atom is 0.220 e. The number of pyridine rings is 1. The number of nitrogens with zero attached hydrogens (tertiary/aromatic N) is 4. The number of rotatable bonds is 9. The first-order valence-corrected chi connectivity index (χ1v) is 10.2. The van der Waals surface area contributed by atoms with Crippen molar-refractivity contribution >= 4 is 17.5 Å². The highest BCUT2D eigenvalue weighted by Crippen LogP contribution is 2.25. The molecule has 0 radical (unpaired) electrons. The van der Waals surface area contributed by atoms with Crippen molar-refractivity contribution in [3.63, 3.8) is 0 Å². The third kappa shape index (κ3) is 6.18. The number of nitrogens with one attached hydrogen (secondary N) is 2. The Hall–Kier alpha value is -2.70. The van der Waals surface area contributed by atoms with Gasteiger partial charge in [-0.25, -0.2) is 9.97 Å². The van der Waals surface area contributed by atoms with Crippen molar-refractivity contribution in [2.24, 2.45) is 5.92 Å². The third-order valence-electron chi connectivity index (χ3n) is 5.02. The van der Waals surface area contributed by atoms with Gasteiger partial charge in [0.2, 0.25) is 5.91 Å². The summed E-state index contributed by atoms with van der Waals surface area (Å²) in [4.78, 5) is 27.5. The molecule has 150 valence electrons. The van der Waals surface area contributed by atoms with Crippen LogP contribution in [0.4, 0.5) is 11.6 Å². The van der Waals surface area contributed by atoms with E-state index < -0.39 is 0 Å². The van der Waals surface area contributed by atoms with E-state index in [9.17, 15) is 4.79 Å². The predicted molar refractivity (Wildman–Crippen MR) is 111 cm³/mol. The van der Waals surface area contributed by atoms with Crippen LogP contribution in [0.2, 0.25) is 0 Å². The van der Waals surface area contributed by atoms with Crippen LogP contribution in [0.15, 0.2) is 36.8 Å². The lowest BCUT2D eigenvalue weighted by molar-refractivity contribution is -0.121. The van der Waals surface area contributed by atoms with Crippen LogP contribution >= 0.6 is 0 Å². The average molecular weight is 383 g/mol. The van der Waals surface area contributed by atoms with E-state index in [0.29, 0.717) is 18.9 Å². The lowest BCUT2D eigenvalue weighted by Crippen LogP contribution is -2.36. The SMILES string of the molecule is CCCNc1cc(N2CCCC(CCC(=O)NCc3ccccn3)C2)ncn1. The second-order valence-corrected chi connectivity index (χ2v) is 7.28. The van der Waals surface area contributed by atoms with Crippen LogP contribution in [-0.4, -0.2) is 40.5 Å². The summed E-state index contributed by atoms with van der Waals surface area (Å²) in [6.45, 7) is 5.48. The summed E-state index contributed by atoms with van der Waals surface area (Å²) in [5.74, 6) is 2.45. The van der Waals surface area contributed by atoms with Gasteiger partial charge >= 0.3 is 0 Å². The standard InChI is InChI=1S/C21H30N6O/c1-2-10-23-19-13-20(26-16-25-19)27-12-5-6-17(15-27)8-9-21(28)24-14-18-7-3-4-11-22-18/h3-4,7,11,13,16-17H,2,5-6,8-10,12,14-15H2,1H3,(H,24,28)(H,23,25,26). The van der Waals surface area contributed by atoms with Crippen molar-refractivity contribution in [1.29, 1.82) is 0 Å². The van der Waals surface area contributed by atoms with Gasteiger partial charge in [-0.1, -0.05) is 13.0 Å². The zero-order valence-corrected chi connectivity index (χ0v) is 16.6. The summed E-state index contributed by atoms with van der Waals surface area (Å²) in [7, 11) is 0. The lowest BCUT2D eigenvalue weighted by Gasteiger charge is -2.33. The van der Waals surface area contributed by atoms with Crippen molar-refractivity contribution in [3.8, 4) is 0 Å². The van der Waals surface area contributed by atoms with Gasteiger partial charge in [0.25, 0.3) is 0 Å². The highest BCUT2D eigenvalue weighted by Gasteiger charge is 2.22. The molecule has 2 aromatic heterocycles. The molecule has 0 saturated carbocycles. The Morgan fingerprint density at radius 1 is 1.29 bits per heavy atom. The van der Waals surface area contributed by atoms with Gasteiger partial charge in [0.05, 0.1) is 12.2 Å². The van der Waals surface area contributed by atoms with E-state index in [2.05, 4.69) is 37.4 Å². The molecule has 0 aliphatic carbocycles. The van der Waals surface area contributed by atoms with E-state index in [1.165, 1.54) is 0 Å². The molecule has 3 heterocycles. The summed E-state index contributed by atoms with van der Waals surface area (Å²) in [6.07, 6.45) is 8.18. The van der Waals surface area contributed by atoms with Crippen molar-refractivity contribution in [2.45, 2.75) is 45.6 Å². The smallest absolute Gasteiger partial charge is 0.220 e. The fraction of sp³-hybridized carbons (Fsp3) is 0.524. The summed E-state index contributed by atoms with van der Waals surface area (Å²) in [5.41, 5.74) is 0.885. The fourth-order valence-electron chi connectivity index (χ4n) is 3.49. The first-order chi connectivity index (χ1) is 13.7. The van der Waals surface area contributed by atoms with Gasteiger partial charge in [0.1, 0.15) is 18.0 Å². The van der Waals surface area contributed by atoms with Crippen LogP contribution in [0.5, 0.6) is 0 Å². The molecule has 0 spiro atoms. The highest BCUT2D eigenvalue weighted by molar-refractivity contribution is 5.75. The fourth-order valence-corrected chi connectivity index (χ4v) is 3.49. The molecular formula is C21H30N6O. The van der Waals surface area contributed by atoms with E-state index in [0.717, 1.165) is 62.6 Å². The lowest BCUT2D eigenvalue weighted by atomic mass is 9.93. The van der Waals surface area contributed by atoms with E-state index >= 15 is 0 Å². The molecule has 2 aromatic rings. The molecule has 1 aliphatic rings. The van der Waals surface area contributed by atoms with E-state index in [1.807, 2.05) is 24.3 Å². The monoisotopic (exact) mass is 382 g/mol. The summed E-state index contributed by atoms with van der Waals surface area (Å²) in [6, 6.07) is 7.75. The van der Waals surface area contributed by atoms with Gasteiger partial charge in [-0.2, -0.15) is 0 Å². The van der Waals surface area contributed by atoms with Crippen molar-refractivity contribution in [3.05, 3.63) is 42.5 Å². The number of aromatic nitrogens is 3. The molecule has 1 atom stereocenters. The highest BCUT2D eigenvalue weighted by atomic mass is 16.1. The Balaban J connectivity index is 1.45. The summed E-state index contributed by atoms with van der Waals surface area (Å²) >= 11 is 0. The zero-order valence-electron chi connectivity index (χ0n) is 16.6. The van der Waals surface area contributed by atoms with Gasteiger partial charge in [0, 0.05) is 38.3 Å². The average Bonchev–Trinajstić information content (AvgIpc) is 2.76. The van der Waals surface area contributed by atoms with E-state index in [1.54, 1.807) is 12.5 Å². The topological polar surface area (TPSA) is 83.0 Å². The van der Waals surface area contributed by atoms with Crippen molar-refractivity contribution in [1.82, 2.24) is 20.3 Å². The van der Waals surface area contributed by atoms with Crippen LogP contribution in [0.1, 0.15) is 44.7 Å². The Morgan fingerprint density at radius 2 is 2.21 bits per heavy atom. The number of amides is 1. The number of piperidine rings is 1. The second-order valence-electron chi connectivity index (χ2n) is 7.28. The minimum atomic E-state index is 0.0934. The molecule has 1 aliphatic heterocycles. The van der Waals surface area contributed by atoms with E-state index in [-0.39, 0.29) is 5.91 Å². The molecule has 3 rings (SSSR count). The molecule has 1 fully saturated rings. The Bertz CT molecular complexity index is 739. The van der Waals surface area contributed by atoms with Crippen LogP contribution in [0, 0.1) is 5.92 Å². The minimum Gasteiger partial charge on any atom is -0.370 e. The molecule has 7 nitrogen and oxygen atoms in total. The number of carbonyl (C=O) groups is 1. The molecule has 1 saturated heterocycles. The van der Waals surface area contributed by atoms with Crippen LogP contribution < -0.4 is 15.5 Å². The number of anilines is 2. The normalized spacial score (nSPS) is 16.6. The number of carbonyl (C=O) groups excluding carboxylic acids is 1. The number of hydrogen-bond acceptors (Lipinski definition) is 6. The summed E-state index contributed by atoms with van der Waals surface area (Å²) < 4.78 is 0. The summed E-state index contributed by atoms with van der Waals surface area (Å²) in [5, 5.41) is 6.28. The van der Waals surface area contributed by atoms with Crippen LogP contribution in [0.25, 0.3) is 0 Å². The van der Waals surface area contributed by atoms with Crippen molar-refractivity contribution in [2.75, 3.05) is 29.9 Å². The van der Waals surface area contributed by atoms with Gasteiger partial charge < -0.3 is 15.5 Å². The largest absolute Gasteiger partial charge is 0.370 e. The molecule has 7 heteroatoms. The van der Waals surface area contributed by atoms with Gasteiger partial charge in [-0.15, -0.1) is 0 Å².